The van der Waals surface area contributed by atoms with Gasteiger partial charge >= 0.3 is 11.9 Å². The van der Waals surface area contributed by atoms with Gasteiger partial charge in [0, 0.05) is 34.8 Å². The number of alkyl halides is 3. The Kier molecular flexibility index (Phi) is 5.72. The molecule has 1 aliphatic heterocycles. The van der Waals surface area contributed by atoms with E-state index in [0.29, 0.717) is 16.7 Å². The summed E-state index contributed by atoms with van der Waals surface area (Å²) in [4.78, 5) is 17.9. The van der Waals surface area contributed by atoms with E-state index < -0.39 is 32.9 Å². The normalized spacial score (nSPS) is 15.1. The first-order chi connectivity index (χ1) is 17.3. The van der Waals surface area contributed by atoms with Crippen LogP contribution < -0.4 is 10.1 Å². The standard InChI is InChI=1S/C24H18ClF3N4O4S/c1-23(2)12-32(37(34,35)16-7-8-17(19(25)10-16)20-30-22(33)36-31-20)21-18(23)9-14(11-29-21)13-3-5-15(6-4-13)24(26,27)28/h3-11H,12H2,1-2H3,(H,30,31,33). The van der Waals surface area contributed by atoms with E-state index in [1.807, 2.05) is 13.8 Å². The minimum absolute atomic E-state index is 0.0370. The highest BCUT2D eigenvalue weighted by Crippen LogP contribution is 2.44. The van der Waals surface area contributed by atoms with Crippen LogP contribution >= 0.6 is 11.6 Å². The van der Waals surface area contributed by atoms with Crippen LogP contribution in [-0.2, 0) is 21.6 Å². The quantitative estimate of drug-likeness (QED) is 0.372. The maximum Gasteiger partial charge on any atom is 0.439 e. The minimum atomic E-state index is -4.45. The summed E-state index contributed by atoms with van der Waals surface area (Å²) in [5.74, 6) is -0.494. The molecule has 0 atom stereocenters. The average molecular weight is 551 g/mol. The maximum atomic E-state index is 13.6. The van der Waals surface area contributed by atoms with Crippen LogP contribution in [0.15, 0.2) is 68.9 Å². The molecular formula is C24H18ClF3N4O4S. The number of halogens is 4. The van der Waals surface area contributed by atoms with Crippen LogP contribution in [0.1, 0.15) is 25.0 Å². The van der Waals surface area contributed by atoms with Gasteiger partial charge in [-0.1, -0.05) is 42.7 Å². The Morgan fingerprint density at radius 1 is 1.08 bits per heavy atom. The zero-order valence-electron chi connectivity index (χ0n) is 19.3. The molecule has 4 aromatic rings. The molecule has 192 valence electrons. The topological polar surface area (TPSA) is 109 Å². The molecule has 3 heterocycles. The Balaban J connectivity index is 1.51. The van der Waals surface area contributed by atoms with Crippen LogP contribution in [0.4, 0.5) is 19.0 Å². The second-order valence-corrected chi connectivity index (χ2v) is 11.4. The molecule has 2 aromatic heterocycles. The van der Waals surface area contributed by atoms with Gasteiger partial charge in [0.2, 0.25) is 0 Å². The molecule has 0 amide bonds. The van der Waals surface area contributed by atoms with Gasteiger partial charge in [0.1, 0.15) is 5.82 Å². The lowest BCUT2D eigenvalue weighted by molar-refractivity contribution is -0.137. The Bertz CT molecular complexity index is 1680. The van der Waals surface area contributed by atoms with Crippen molar-refractivity contribution >= 4 is 27.4 Å². The van der Waals surface area contributed by atoms with Crippen LogP contribution in [0, 0.1) is 0 Å². The zero-order chi connectivity index (χ0) is 26.8. The summed E-state index contributed by atoms with van der Waals surface area (Å²) in [6.07, 6.45) is -3.01. The molecule has 0 spiro atoms. The summed E-state index contributed by atoms with van der Waals surface area (Å²) in [5.41, 5.74) is 0.607. The molecule has 37 heavy (non-hydrogen) atoms. The van der Waals surface area contributed by atoms with Crippen molar-refractivity contribution in [2.75, 3.05) is 10.8 Å². The summed E-state index contributed by atoms with van der Waals surface area (Å²) in [6.45, 7) is 3.80. The number of nitrogens with zero attached hydrogens (tertiary/aromatic N) is 3. The van der Waals surface area contributed by atoms with Crippen molar-refractivity contribution in [2.24, 2.45) is 0 Å². The van der Waals surface area contributed by atoms with Gasteiger partial charge in [-0.2, -0.15) is 13.2 Å². The van der Waals surface area contributed by atoms with E-state index in [9.17, 15) is 26.4 Å². The van der Waals surface area contributed by atoms with Gasteiger partial charge in [0.15, 0.2) is 5.82 Å². The largest absolute Gasteiger partial charge is 0.439 e. The second kappa shape index (κ2) is 8.45. The lowest BCUT2D eigenvalue weighted by Gasteiger charge is -2.21. The first-order valence-electron chi connectivity index (χ1n) is 10.8. The van der Waals surface area contributed by atoms with E-state index in [4.69, 9.17) is 11.6 Å². The molecule has 0 unspecified atom stereocenters. The SMILES string of the molecule is CC1(C)CN(S(=O)(=O)c2ccc(-c3noc(=O)[nH]3)c(Cl)c2)c2ncc(-c3ccc(C(F)(F)F)cc3)cc21. The van der Waals surface area contributed by atoms with Gasteiger partial charge in [-0.05, 0) is 42.0 Å². The van der Waals surface area contributed by atoms with Gasteiger partial charge < -0.3 is 0 Å². The Morgan fingerprint density at radius 3 is 2.38 bits per heavy atom. The molecule has 8 nitrogen and oxygen atoms in total. The first kappa shape index (κ1) is 25.0. The molecule has 0 radical (unpaired) electrons. The third-order valence-corrected chi connectivity index (χ3v) is 8.19. The molecule has 0 bridgehead atoms. The van der Waals surface area contributed by atoms with Crippen LogP contribution in [0.5, 0.6) is 0 Å². The molecule has 13 heteroatoms. The number of hydrogen-bond acceptors (Lipinski definition) is 6. The maximum absolute atomic E-state index is 13.6. The predicted octanol–water partition coefficient (Wildman–Crippen LogP) is 5.25. The van der Waals surface area contributed by atoms with E-state index >= 15 is 0 Å². The van der Waals surface area contributed by atoms with Crippen molar-refractivity contribution in [1.29, 1.82) is 0 Å². The molecule has 5 rings (SSSR count). The van der Waals surface area contributed by atoms with Crippen molar-refractivity contribution in [2.45, 2.75) is 30.3 Å². The number of aromatic nitrogens is 3. The molecule has 0 saturated carbocycles. The highest BCUT2D eigenvalue weighted by Gasteiger charge is 2.43. The smallest absolute Gasteiger partial charge is 0.296 e. The monoisotopic (exact) mass is 550 g/mol. The molecular weight excluding hydrogens is 533 g/mol. The lowest BCUT2D eigenvalue weighted by Crippen LogP contribution is -2.34. The Hall–Kier alpha value is -3.64. The number of hydrogen-bond donors (Lipinski definition) is 1. The van der Waals surface area contributed by atoms with E-state index in [0.717, 1.165) is 12.1 Å². The zero-order valence-corrected chi connectivity index (χ0v) is 20.9. The Labute approximate surface area is 213 Å². The van der Waals surface area contributed by atoms with Gasteiger partial charge in [0.25, 0.3) is 10.0 Å². The van der Waals surface area contributed by atoms with E-state index in [2.05, 4.69) is 19.6 Å². The van der Waals surface area contributed by atoms with Gasteiger partial charge in [-0.15, -0.1) is 0 Å². The van der Waals surface area contributed by atoms with Gasteiger partial charge in [-0.3, -0.25) is 9.51 Å². The van der Waals surface area contributed by atoms with Crippen LogP contribution in [0.3, 0.4) is 0 Å². The second-order valence-electron chi connectivity index (χ2n) is 9.15. The molecule has 0 saturated heterocycles. The fraction of sp³-hybridized carbons (Fsp3) is 0.208. The number of nitrogens with one attached hydrogen (secondary N) is 1. The van der Waals surface area contributed by atoms with Crippen molar-refractivity contribution < 1.29 is 26.1 Å². The summed E-state index contributed by atoms with van der Waals surface area (Å²) < 4.78 is 71.6. The number of anilines is 1. The number of aromatic amines is 1. The molecule has 2 aromatic carbocycles. The van der Waals surface area contributed by atoms with Crippen molar-refractivity contribution in [3.63, 3.8) is 0 Å². The van der Waals surface area contributed by atoms with Crippen LogP contribution in [0.2, 0.25) is 5.02 Å². The van der Waals surface area contributed by atoms with E-state index in [-0.39, 0.29) is 33.7 Å². The summed E-state index contributed by atoms with van der Waals surface area (Å²) >= 11 is 6.30. The first-order valence-corrected chi connectivity index (χ1v) is 12.7. The van der Waals surface area contributed by atoms with Crippen molar-refractivity contribution in [3.8, 4) is 22.5 Å². The third-order valence-electron chi connectivity index (χ3n) is 6.14. The number of fused-ring (bicyclic) bond motifs is 1. The summed E-state index contributed by atoms with van der Waals surface area (Å²) in [7, 11) is -4.09. The Morgan fingerprint density at radius 2 is 1.78 bits per heavy atom. The lowest BCUT2D eigenvalue weighted by atomic mass is 9.87. The van der Waals surface area contributed by atoms with Crippen LogP contribution in [-0.4, -0.2) is 30.1 Å². The number of pyridine rings is 1. The molecule has 1 aliphatic rings. The minimum Gasteiger partial charge on any atom is -0.296 e. The van der Waals surface area contributed by atoms with Gasteiger partial charge in [-0.25, -0.2) is 22.5 Å². The average Bonchev–Trinajstić information content (AvgIpc) is 3.39. The van der Waals surface area contributed by atoms with E-state index in [1.54, 1.807) is 6.07 Å². The van der Waals surface area contributed by atoms with Crippen LogP contribution in [0.25, 0.3) is 22.5 Å². The van der Waals surface area contributed by atoms with E-state index in [1.165, 1.54) is 40.8 Å². The van der Waals surface area contributed by atoms with Crippen molar-refractivity contribution in [1.82, 2.24) is 15.1 Å². The predicted molar refractivity (Wildman–Crippen MR) is 130 cm³/mol. The molecule has 1 N–H and O–H groups in total. The van der Waals surface area contributed by atoms with Crippen molar-refractivity contribution in [3.05, 3.63) is 81.4 Å². The fourth-order valence-electron chi connectivity index (χ4n) is 4.20. The number of sulfonamides is 1. The third kappa shape index (κ3) is 4.40. The van der Waals surface area contributed by atoms with Gasteiger partial charge in [0.05, 0.1) is 15.5 Å². The molecule has 0 fully saturated rings. The fourth-order valence-corrected chi connectivity index (χ4v) is 6.17. The number of benzene rings is 2. The molecule has 0 aliphatic carbocycles. The summed E-state index contributed by atoms with van der Waals surface area (Å²) in [5, 5.41) is 3.60. The highest BCUT2D eigenvalue weighted by molar-refractivity contribution is 7.92. The number of rotatable bonds is 4. The highest BCUT2D eigenvalue weighted by atomic mass is 35.5. The summed E-state index contributed by atoms with van der Waals surface area (Å²) in [6, 6.07) is 10.4. The number of H-pyrrole nitrogens is 1.